The molecule has 1 unspecified atom stereocenters. The fourth-order valence-electron chi connectivity index (χ4n) is 6.97. The zero-order chi connectivity index (χ0) is 35.7. The Morgan fingerprint density at radius 3 is 1.40 bits per heavy atom. The number of nitrogens with zero attached hydrogens (tertiary/aromatic N) is 1. The van der Waals surface area contributed by atoms with Crippen LogP contribution in [0.2, 0.25) is 0 Å². The van der Waals surface area contributed by atoms with Crippen LogP contribution in [0.5, 0.6) is 0 Å². The number of ether oxygens (including phenoxy) is 2. The second-order valence-corrected chi connectivity index (χ2v) is 15.3. The van der Waals surface area contributed by atoms with E-state index in [0.717, 1.165) is 11.0 Å². The number of amides is 1. The Kier molecular flexibility index (Phi) is 33.8. The summed E-state index contributed by atoms with van der Waals surface area (Å²) in [5, 5.41) is 2.92. The van der Waals surface area contributed by atoms with Crippen LogP contribution in [-0.2, 0) is 14.3 Å². The highest BCUT2D eigenvalue weighted by molar-refractivity contribution is 5.71. The number of alkyl carbamates (subject to hydrolysis) is 1. The van der Waals surface area contributed by atoms with Crippen LogP contribution in [-0.4, -0.2) is 55.9 Å². The van der Waals surface area contributed by atoms with E-state index in [0.29, 0.717) is 6.54 Å². The first-order chi connectivity index (χ1) is 23.9. The van der Waals surface area contributed by atoms with E-state index < -0.39 is 6.09 Å². The van der Waals surface area contributed by atoms with Gasteiger partial charge in [0, 0.05) is 12.1 Å². The fourth-order valence-corrected chi connectivity index (χ4v) is 6.97. The third-order valence-electron chi connectivity index (χ3n) is 10.2. The predicted molar refractivity (Wildman–Crippen MR) is 209 cm³/mol. The summed E-state index contributed by atoms with van der Waals surface area (Å²) in [5.74, 6) is -0.456. The SMILES string of the molecule is CCCCCCCCCCCCCCCC[N+]1(CCCCCCCCCCCCCC)C=CC=C(CNC(=O)OCCOC(=O)C(C)C)C1.[Br-]. The van der Waals surface area contributed by atoms with Gasteiger partial charge in [0.15, 0.2) is 0 Å². The van der Waals surface area contributed by atoms with Crippen LogP contribution in [0.4, 0.5) is 4.79 Å². The molecule has 0 spiro atoms. The fraction of sp³-hybridized carbons (Fsp3) is 0.860. The summed E-state index contributed by atoms with van der Waals surface area (Å²) in [5.41, 5.74) is 1.25. The Bertz CT molecular complexity index is 862. The molecule has 0 aliphatic carbocycles. The van der Waals surface area contributed by atoms with Crippen molar-refractivity contribution < 1.29 is 40.5 Å². The van der Waals surface area contributed by atoms with Crippen molar-refractivity contribution in [3.8, 4) is 0 Å². The second kappa shape index (κ2) is 34.7. The highest BCUT2D eigenvalue weighted by Gasteiger charge is 2.28. The van der Waals surface area contributed by atoms with Crippen LogP contribution < -0.4 is 22.3 Å². The molecule has 0 fully saturated rings. The lowest BCUT2D eigenvalue weighted by Gasteiger charge is -2.38. The number of quaternary nitrogens is 1. The van der Waals surface area contributed by atoms with Crippen molar-refractivity contribution >= 4 is 12.1 Å². The van der Waals surface area contributed by atoms with Gasteiger partial charge < -0.3 is 31.8 Å². The molecule has 7 heteroatoms. The van der Waals surface area contributed by atoms with Gasteiger partial charge >= 0.3 is 12.1 Å². The van der Waals surface area contributed by atoms with Crippen molar-refractivity contribution in [3.05, 3.63) is 23.9 Å². The van der Waals surface area contributed by atoms with E-state index >= 15 is 0 Å². The predicted octanol–water partition coefficient (Wildman–Crippen LogP) is 9.37. The highest BCUT2D eigenvalue weighted by Crippen LogP contribution is 2.23. The van der Waals surface area contributed by atoms with Crippen LogP contribution in [0.25, 0.3) is 0 Å². The number of hydrogen-bond donors (Lipinski definition) is 1. The molecule has 50 heavy (non-hydrogen) atoms. The number of nitrogens with one attached hydrogen (secondary N) is 1. The van der Waals surface area contributed by atoms with Gasteiger partial charge in [-0.25, -0.2) is 4.79 Å². The number of allylic oxidation sites excluding steroid dienone is 2. The molecule has 1 heterocycles. The molecule has 0 saturated carbocycles. The van der Waals surface area contributed by atoms with Gasteiger partial charge in [0.1, 0.15) is 19.8 Å². The number of rotatable bonds is 34. The summed E-state index contributed by atoms with van der Waals surface area (Å²) in [6.07, 6.45) is 42.2. The summed E-state index contributed by atoms with van der Waals surface area (Å²) in [6.45, 7) is 12.1. The molecule has 1 aliphatic heterocycles. The largest absolute Gasteiger partial charge is 1.00 e. The Labute approximate surface area is 320 Å². The lowest BCUT2D eigenvalue weighted by molar-refractivity contribution is -0.876. The van der Waals surface area contributed by atoms with Crippen molar-refractivity contribution in [1.29, 1.82) is 0 Å². The van der Waals surface area contributed by atoms with E-state index in [4.69, 9.17) is 9.47 Å². The van der Waals surface area contributed by atoms with Crippen LogP contribution in [0.15, 0.2) is 23.9 Å². The van der Waals surface area contributed by atoms with E-state index in [1.807, 2.05) is 0 Å². The minimum absolute atomic E-state index is 0. The number of hydrogen-bond acceptors (Lipinski definition) is 4. The Morgan fingerprint density at radius 1 is 0.620 bits per heavy atom. The van der Waals surface area contributed by atoms with Gasteiger partial charge in [-0.1, -0.05) is 175 Å². The minimum atomic E-state index is -0.456. The van der Waals surface area contributed by atoms with Gasteiger partial charge in [-0.2, -0.15) is 0 Å². The van der Waals surface area contributed by atoms with Crippen molar-refractivity contribution in [1.82, 2.24) is 5.32 Å². The number of unbranched alkanes of at least 4 members (excludes halogenated alkanes) is 24. The number of carbonyl (C=O) groups is 2. The van der Waals surface area contributed by atoms with Gasteiger partial charge in [-0.3, -0.25) is 9.28 Å². The van der Waals surface area contributed by atoms with Crippen molar-refractivity contribution in [2.75, 3.05) is 39.4 Å². The zero-order valence-corrected chi connectivity index (χ0v) is 35.0. The first-order valence-electron chi connectivity index (χ1n) is 21.2. The molecule has 0 bridgehead atoms. The summed E-state index contributed by atoms with van der Waals surface area (Å²) in [4.78, 5) is 23.9. The Balaban J connectivity index is 0.0000240. The van der Waals surface area contributed by atoms with E-state index in [-0.39, 0.29) is 42.1 Å². The number of esters is 1. The maximum absolute atomic E-state index is 12.3. The normalized spacial score (nSPS) is 15.5. The summed E-state index contributed by atoms with van der Waals surface area (Å²) >= 11 is 0. The average Bonchev–Trinajstić information content (AvgIpc) is 3.10. The smallest absolute Gasteiger partial charge is 0.407 e. The molecule has 0 aromatic rings. The van der Waals surface area contributed by atoms with Crippen LogP contribution in [0, 0.1) is 5.92 Å². The maximum atomic E-state index is 12.3. The standard InChI is InChI=1S/C43H80N2O4.BrH/c1-5-7-9-11-13-15-17-19-20-22-24-26-28-30-34-45(33-29-27-25-23-21-18-16-14-12-10-8-6-2)35-31-32-41(39-45)38-44-43(47)49-37-36-48-42(46)40(3)4;/h31-32,35,40H,5-30,33-34,36-39H2,1-4H3;1H. The van der Waals surface area contributed by atoms with Crippen LogP contribution in [0.3, 0.4) is 0 Å². The third-order valence-corrected chi connectivity index (χ3v) is 10.2. The third kappa shape index (κ3) is 28.3. The van der Waals surface area contributed by atoms with E-state index in [1.54, 1.807) is 13.8 Å². The molecule has 0 aromatic carbocycles. The van der Waals surface area contributed by atoms with E-state index in [2.05, 4.69) is 37.5 Å². The number of halogens is 1. The molecule has 0 saturated heterocycles. The van der Waals surface area contributed by atoms with E-state index in [9.17, 15) is 9.59 Å². The molecule has 1 amide bonds. The monoisotopic (exact) mass is 769 g/mol. The molecule has 1 aliphatic rings. The zero-order valence-electron chi connectivity index (χ0n) is 33.4. The van der Waals surface area contributed by atoms with Crippen molar-refractivity contribution in [3.63, 3.8) is 0 Å². The summed E-state index contributed by atoms with van der Waals surface area (Å²) in [6, 6.07) is 0. The topological polar surface area (TPSA) is 64.6 Å². The van der Waals surface area contributed by atoms with Gasteiger partial charge in [0.05, 0.1) is 25.2 Å². The van der Waals surface area contributed by atoms with Crippen molar-refractivity contribution in [2.45, 2.75) is 195 Å². The first kappa shape index (κ1) is 48.7. The first-order valence-corrected chi connectivity index (χ1v) is 21.2. The number of carbonyl (C=O) groups excluding carboxylic acids is 2. The molecule has 0 aromatic heterocycles. The Morgan fingerprint density at radius 2 is 1.00 bits per heavy atom. The van der Waals surface area contributed by atoms with Gasteiger partial charge in [0.2, 0.25) is 0 Å². The lowest BCUT2D eigenvalue weighted by atomic mass is 10.0. The summed E-state index contributed by atoms with van der Waals surface area (Å²) < 4.78 is 11.4. The lowest BCUT2D eigenvalue weighted by Crippen LogP contribution is -3.00. The molecular weight excluding hydrogens is 688 g/mol. The minimum Gasteiger partial charge on any atom is -1.00 e. The highest BCUT2D eigenvalue weighted by atomic mass is 79.9. The molecule has 6 nitrogen and oxygen atoms in total. The molecule has 1 rings (SSSR count). The molecule has 1 atom stereocenters. The van der Waals surface area contributed by atoms with Gasteiger partial charge in [-0.15, -0.1) is 0 Å². The molecule has 1 N–H and O–H groups in total. The Hall–Kier alpha value is -1.34. The maximum Gasteiger partial charge on any atom is 0.407 e. The molecule has 0 radical (unpaired) electrons. The quantitative estimate of drug-likeness (QED) is 0.0403. The summed E-state index contributed by atoms with van der Waals surface area (Å²) in [7, 11) is 0. The van der Waals surface area contributed by atoms with E-state index in [1.165, 1.54) is 186 Å². The van der Waals surface area contributed by atoms with Crippen LogP contribution in [0.1, 0.15) is 195 Å². The molecular formula is C43H81BrN2O4. The van der Waals surface area contributed by atoms with Gasteiger partial charge in [0.25, 0.3) is 0 Å². The second-order valence-electron chi connectivity index (χ2n) is 15.3. The average molecular weight is 770 g/mol. The molecule has 294 valence electrons. The van der Waals surface area contributed by atoms with Crippen LogP contribution >= 0.6 is 0 Å². The van der Waals surface area contributed by atoms with Gasteiger partial charge in [-0.05, 0) is 31.8 Å². The van der Waals surface area contributed by atoms with Crippen molar-refractivity contribution in [2.24, 2.45) is 5.92 Å².